The van der Waals surface area contributed by atoms with E-state index in [9.17, 15) is 18.0 Å². The lowest BCUT2D eigenvalue weighted by molar-refractivity contribution is -0.142. The molecule has 2 aromatic heterocycles. The fourth-order valence-electron chi connectivity index (χ4n) is 1.73. The van der Waals surface area contributed by atoms with Gasteiger partial charge in [0.2, 0.25) is 0 Å². The van der Waals surface area contributed by atoms with Gasteiger partial charge in [0.05, 0.1) is 0 Å². The molecule has 0 aliphatic heterocycles. The van der Waals surface area contributed by atoms with Crippen molar-refractivity contribution < 1.29 is 18.0 Å². The summed E-state index contributed by atoms with van der Waals surface area (Å²) in [4.78, 5) is 22.6. The van der Waals surface area contributed by atoms with E-state index in [4.69, 9.17) is 5.73 Å². The number of hydrogen-bond donors (Lipinski definition) is 2. The summed E-state index contributed by atoms with van der Waals surface area (Å²) in [6, 6.07) is 3.59. The highest BCUT2D eigenvalue weighted by Crippen LogP contribution is 2.33. The SMILES string of the molecule is Nc1nc(C(F)(F)F)c(Br)nc1C(=O)NCCc1cccnc1. The highest BCUT2D eigenvalue weighted by Gasteiger charge is 2.37. The van der Waals surface area contributed by atoms with Crippen molar-refractivity contribution in [1.29, 1.82) is 0 Å². The second-order valence-corrected chi connectivity index (χ2v) is 5.21. The minimum Gasteiger partial charge on any atom is -0.382 e. The summed E-state index contributed by atoms with van der Waals surface area (Å²) in [7, 11) is 0. The number of anilines is 1. The average molecular weight is 390 g/mol. The van der Waals surface area contributed by atoms with E-state index in [2.05, 4.69) is 36.2 Å². The fraction of sp³-hybridized carbons (Fsp3) is 0.231. The van der Waals surface area contributed by atoms with Crippen molar-refractivity contribution in [2.45, 2.75) is 12.6 Å². The van der Waals surface area contributed by atoms with Gasteiger partial charge >= 0.3 is 6.18 Å². The summed E-state index contributed by atoms with van der Waals surface area (Å²) < 4.78 is 37.4. The number of amides is 1. The number of hydrogen-bond acceptors (Lipinski definition) is 5. The zero-order chi connectivity index (χ0) is 17.0. The number of halogens is 4. The summed E-state index contributed by atoms with van der Waals surface area (Å²) in [5.41, 5.74) is 4.67. The number of alkyl halides is 3. The Kier molecular flexibility index (Phi) is 5.14. The maximum atomic E-state index is 12.7. The highest BCUT2D eigenvalue weighted by atomic mass is 79.9. The molecule has 0 aliphatic carbocycles. The molecule has 0 saturated heterocycles. The van der Waals surface area contributed by atoms with Crippen LogP contribution in [0.1, 0.15) is 21.7 Å². The van der Waals surface area contributed by atoms with Gasteiger partial charge in [0.25, 0.3) is 5.91 Å². The Bertz CT molecular complexity index is 709. The molecular formula is C13H11BrF3N5O. The number of rotatable bonds is 4. The van der Waals surface area contributed by atoms with Gasteiger partial charge in [-0.25, -0.2) is 9.97 Å². The average Bonchev–Trinajstić information content (AvgIpc) is 2.49. The van der Waals surface area contributed by atoms with Crippen molar-refractivity contribution in [3.63, 3.8) is 0 Å². The van der Waals surface area contributed by atoms with Crippen molar-refractivity contribution in [2.75, 3.05) is 12.3 Å². The van der Waals surface area contributed by atoms with Gasteiger partial charge < -0.3 is 11.1 Å². The van der Waals surface area contributed by atoms with Crippen LogP contribution < -0.4 is 11.1 Å². The van der Waals surface area contributed by atoms with Crippen LogP contribution in [0.15, 0.2) is 29.1 Å². The molecule has 122 valence electrons. The van der Waals surface area contributed by atoms with Crippen LogP contribution in [-0.2, 0) is 12.6 Å². The highest BCUT2D eigenvalue weighted by molar-refractivity contribution is 9.10. The third kappa shape index (κ3) is 4.38. The van der Waals surface area contributed by atoms with E-state index < -0.39 is 28.2 Å². The van der Waals surface area contributed by atoms with E-state index in [0.29, 0.717) is 6.42 Å². The molecule has 23 heavy (non-hydrogen) atoms. The van der Waals surface area contributed by atoms with Crippen LogP contribution in [0, 0.1) is 0 Å². The molecule has 0 aliphatic rings. The predicted molar refractivity (Wildman–Crippen MR) is 79.4 cm³/mol. The van der Waals surface area contributed by atoms with Crippen LogP contribution in [0.3, 0.4) is 0 Å². The summed E-state index contributed by atoms with van der Waals surface area (Å²) in [5.74, 6) is -1.28. The van der Waals surface area contributed by atoms with Crippen LogP contribution >= 0.6 is 15.9 Å². The first-order valence-corrected chi connectivity index (χ1v) is 7.15. The first-order valence-electron chi connectivity index (χ1n) is 6.36. The number of pyridine rings is 1. The van der Waals surface area contributed by atoms with Gasteiger partial charge in [-0.1, -0.05) is 6.07 Å². The molecule has 2 heterocycles. The Hall–Kier alpha value is -2.23. The number of carbonyl (C=O) groups is 1. The molecule has 0 unspecified atom stereocenters. The van der Waals surface area contributed by atoms with E-state index in [0.717, 1.165) is 5.56 Å². The number of nitrogens with one attached hydrogen (secondary N) is 1. The molecule has 2 aromatic rings. The second-order valence-electron chi connectivity index (χ2n) is 4.46. The van der Waals surface area contributed by atoms with E-state index >= 15 is 0 Å². The van der Waals surface area contributed by atoms with Gasteiger partial charge in [0.15, 0.2) is 17.2 Å². The number of nitrogens with two attached hydrogens (primary N) is 1. The zero-order valence-corrected chi connectivity index (χ0v) is 13.1. The predicted octanol–water partition coefficient (Wildman–Crippen LogP) is 2.21. The van der Waals surface area contributed by atoms with Gasteiger partial charge in [-0.2, -0.15) is 13.2 Å². The Morgan fingerprint density at radius 3 is 2.70 bits per heavy atom. The van der Waals surface area contributed by atoms with Gasteiger partial charge in [-0.3, -0.25) is 9.78 Å². The molecule has 10 heteroatoms. The molecular weight excluding hydrogens is 379 g/mol. The van der Waals surface area contributed by atoms with E-state index in [1.165, 1.54) is 0 Å². The summed E-state index contributed by atoms with van der Waals surface area (Å²) in [6.45, 7) is 0.254. The fourth-order valence-corrected chi connectivity index (χ4v) is 2.22. The molecule has 1 amide bonds. The third-order valence-electron chi connectivity index (χ3n) is 2.79. The Labute approximate surface area is 137 Å². The molecule has 0 aromatic carbocycles. The molecule has 0 spiro atoms. The van der Waals surface area contributed by atoms with Crippen molar-refractivity contribution in [3.05, 3.63) is 46.1 Å². The number of carbonyl (C=O) groups excluding carboxylic acids is 1. The molecule has 0 atom stereocenters. The minimum absolute atomic E-state index is 0.254. The molecule has 0 bridgehead atoms. The zero-order valence-electron chi connectivity index (χ0n) is 11.6. The molecule has 0 fully saturated rings. The molecule has 6 nitrogen and oxygen atoms in total. The normalized spacial score (nSPS) is 11.3. The van der Waals surface area contributed by atoms with Gasteiger partial charge in [-0.05, 0) is 34.0 Å². The van der Waals surface area contributed by atoms with Crippen LogP contribution in [0.4, 0.5) is 19.0 Å². The van der Waals surface area contributed by atoms with E-state index in [1.54, 1.807) is 18.5 Å². The van der Waals surface area contributed by atoms with Crippen LogP contribution in [0.5, 0.6) is 0 Å². The number of nitrogen functional groups attached to an aromatic ring is 1. The Balaban J connectivity index is 2.06. The molecule has 0 radical (unpaired) electrons. The van der Waals surface area contributed by atoms with Crippen molar-refractivity contribution in [2.24, 2.45) is 0 Å². The van der Waals surface area contributed by atoms with Crippen molar-refractivity contribution in [1.82, 2.24) is 20.3 Å². The maximum absolute atomic E-state index is 12.7. The molecule has 0 saturated carbocycles. The lowest BCUT2D eigenvalue weighted by atomic mass is 10.2. The van der Waals surface area contributed by atoms with Crippen LogP contribution in [-0.4, -0.2) is 27.4 Å². The van der Waals surface area contributed by atoms with E-state index in [-0.39, 0.29) is 12.2 Å². The van der Waals surface area contributed by atoms with E-state index in [1.807, 2.05) is 6.07 Å². The topological polar surface area (TPSA) is 93.8 Å². The molecule has 3 N–H and O–H groups in total. The van der Waals surface area contributed by atoms with Crippen molar-refractivity contribution in [3.8, 4) is 0 Å². The van der Waals surface area contributed by atoms with Crippen LogP contribution in [0.25, 0.3) is 0 Å². The van der Waals surface area contributed by atoms with Crippen molar-refractivity contribution >= 4 is 27.7 Å². The lowest BCUT2D eigenvalue weighted by Crippen LogP contribution is -2.28. The second kappa shape index (κ2) is 6.90. The lowest BCUT2D eigenvalue weighted by Gasteiger charge is -2.11. The smallest absolute Gasteiger partial charge is 0.382 e. The first-order chi connectivity index (χ1) is 10.8. The maximum Gasteiger partial charge on any atom is 0.436 e. The number of aromatic nitrogens is 3. The Morgan fingerprint density at radius 2 is 2.09 bits per heavy atom. The summed E-state index contributed by atoms with van der Waals surface area (Å²) in [6.07, 6.45) is -0.933. The minimum atomic E-state index is -4.71. The van der Waals surface area contributed by atoms with Gasteiger partial charge in [-0.15, -0.1) is 0 Å². The summed E-state index contributed by atoms with van der Waals surface area (Å²) >= 11 is 2.65. The van der Waals surface area contributed by atoms with Gasteiger partial charge in [0, 0.05) is 18.9 Å². The third-order valence-corrected chi connectivity index (χ3v) is 3.34. The first kappa shape index (κ1) is 17.1. The van der Waals surface area contributed by atoms with Crippen LogP contribution in [0.2, 0.25) is 0 Å². The number of nitrogens with zero attached hydrogens (tertiary/aromatic N) is 3. The Morgan fingerprint density at radius 1 is 1.35 bits per heavy atom. The summed E-state index contributed by atoms with van der Waals surface area (Å²) in [5, 5.41) is 2.52. The molecule has 2 rings (SSSR count). The standard InChI is InChI=1S/C13H11BrF3N5O/c14-10-9(13(15,16)17)22-11(18)8(21-10)12(23)20-5-3-7-2-1-4-19-6-7/h1-2,4,6H,3,5H2,(H2,18,22)(H,20,23). The quantitative estimate of drug-likeness (QED) is 0.835. The largest absolute Gasteiger partial charge is 0.436 e. The van der Waals surface area contributed by atoms with Gasteiger partial charge in [0.1, 0.15) is 4.60 Å². The monoisotopic (exact) mass is 389 g/mol.